The quantitative estimate of drug-likeness (QED) is 0.167. The summed E-state index contributed by atoms with van der Waals surface area (Å²) >= 11 is 0. The van der Waals surface area contributed by atoms with Crippen molar-refractivity contribution in [2.45, 2.75) is 19.6 Å². The Balaban J connectivity index is 1.23. The van der Waals surface area contributed by atoms with Crippen molar-refractivity contribution >= 4 is 99.3 Å². The fourth-order valence-electron chi connectivity index (χ4n) is 10.0. The van der Waals surface area contributed by atoms with Gasteiger partial charge in [0.15, 0.2) is 8.07 Å². The molecule has 0 bridgehead atoms. The Kier molecular flexibility index (Phi) is 7.38. The standard InChI is InChI=1S/C51H41BN2Si2/c1-55(2,3)40-34-47-51-48(35-40)54(46-29-17-15-27-44(46)52(51)43-26-14-16-28-45(43)53(47)36-19-7-4-8-20-36)37-31-32-42-41-25-13-18-30-49(41)56(50(42)33-37,38-21-9-5-10-22-38)39-23-11-6-12-24-39/h4-35H,1-3H3. The molecule has 0 saturated heterocycles. The summed E-state index contributed by atoms with van der Waals surface area (Å²) in [5.74, 6) is 0. The first-order valence-corrected chi connectivity index (χ1v) is 25.3. The molecule has 3 aliphatic heterocycles. The fraction of sp³-hybridized carbons (Fsp3) is 0.0588. The van der Waals surface area contributed by atoms with Crippen LogP contribution in [-0.4, -0.2) is 22.9 Å². The van der Waals surface area contributed by atoms with E-state index in [-0.39, 0.29) is 6.71 Å². The Hall–Kier alpha value is -6.14. The normalized spacial score (nSPS) is 14.4. The molecule has 0 unspecified atom stereocenters. The lowest BCUT2D eigenvalue weighted by Gasteiger charge is -2.45. The number of nitrogens with zero attached hydrogens (tertiary/aromatic N) is 2. The van der Waals surface area contributed by atoms with Crippen LogP contribution in [0.3, 0.4) is 0 Å². The summed E-state index contributed by atoms with van der Waals surface area (Å²) in [6.45, 7) is 7.56. The van der Waals surface area contributed by atoms with Gasteiger partial charge in [-0.3, -0.25) is 0 Å². The molecule has 0 aromatic heterocycles. The third-order valence-corrected chi connectivity index (χ3v) is 19.3. The fourth-order valence-corrected chi connectivity index (χ4v) is 16.4. The molecule has 0 N–H and O–H groups in total. The summed E-state index contributed by atoms with van der Waals surface area (Å²) in [6.07, 6.45) is 0. The van der Waals surface area contributed by atoms with Crippen LogP contribution in [0.2, 0.25) is 19.6 Å². The second kappa shape index (κ2) is 12.4. The molecule has 0 aliphatic carbocycles. The van der Waals surface area contributed by atoms with Gasteiger partial charge in [-0.05, 0) is 96.8 Å². The number of para-hydroxylation sites is 3. The van der Waals surface area contributed by atoms with E-state index in [1.54, 1.807) is 0 Å². The lowest BCUT2D eigenvalue weighted by atomic mass is 9.33. The van der Waals surface area contributed by atoms with Crippen molar-refractivity contribution in [1.29, 1.82) is 0 Å². The minimum Gasteiger partial charge on any atom is -0.311 e. The topological polar surface area (TPSA) is 6.48 Å². The van der Waals surface area contributed by atoms with E-state index >= 15 is 0 Å². The van der Waals surface area contributed by atoms with Crippen LogP contribution in [0.5, 0.6) is 0 Å². The summed E-state index contributed by atoms with van der Waals surface area (Å²) in [6, 6.07) is 73.7. The van der Waals surface area contributed by atoms with Crippen LogP contribution in [0.1, 0.15) is 0 Å². The largest absolute Gasteiger partial charge is 0.311 e. The Labute approximate surface area is 332 Å². The minimum atomic E-state index is -2.70. The van der Waals surface area contributed by atoms with Gasteiger partial charge in [0.2, 0.25) is 0 Å². The molecule has 0 saturated carbocycles. The third-order valence-electron chi connectivity index (χ3n) is 12.5. The van der Waals surface area contributed by atoms with E-state index < -0.39 is 16.1 Å². The maximum absolute atomic E-state index is 2.70. The molecular formula is C51H41BN2Si2. The van der Waals surface area contributed by atoms with Crippen molar-refractivity contribution in [1.82, 2.24) is 0 Å². The molecule has 8 aromatic rings. The predicted octanol–water partition coefficient (Wildman–Crippen LogP) is 7.67. The average Bonchev–Trinajstić information content (AvgIpc) is 3.54. The van der Waals surface area contributed by atoms with E-state index in [1.165, 1.54) is 87.6 Å². The molecule has 3 aliphatic rings. The van der Waals surface area contributed by atoms with Crippen molar-refractivity contribution in [3.63, 3.8) is 0 Å². The van der Waals surface area contributed by atoms with Crippen molar-refractivity contribution in [2.75, 3.05) is 9.80 Å². The van der Waals surface area contributed by atoms with E-state index in [0.29, 0.717) is 0 Å². The van der Waals surface area contributed by atoms with Crippen LogP contribution in [0.15, 0.2) is 194 Å². The van der Waals surface area contributed by atoms with Gasteiger partial charge in [-0.25, -0.2) is 0 Å². The molecule has 2 nitrogen and oxygen atoms in total. The zero-order chi connectivity index (χ0) is 37.6. The van der Waals surface area contributed by atoms with E-state index in [9.17, 15) is 0 Å². The number of hydrogen-bond acceptors (Lipinski definition) is 2. The van der Waals surface area contributed by atoms with Crippen LogP contribution >= 0.6 is 0 Å². The lowest BCUT2D eigenvalue weighted by molar-refractivity contribution is 1.26. The number of rotatable bonds is 5. The molecule has 5 heteroatoms. The van der Waals surface area contributed by atoms with Crippen molar-refractivity contribution in [3.05, 3.63) is 194 Å². The monoisotopic (exact) mass is 748 g/mol. The molecule has 0 spiro atoms. The van der Waals surface area contributed by atoms with Crippen LogP contribution in [0.25, 0.3) is 11.1 Å². The molecular weight excluding hydrogens is 708 g/mol. The summed E-state index contributed by atoms with van der Waals surface area (Å²) in [4.78, 5) is 5.15. The van der Waals surface area contributed by atoms with E-state index in [4.69, 9.17) is 0 Å². The zero-order valence-corrected chi connectivity index (χ0v) is 33.9. The Morgan fingerprint density at radius 1 is 0.411 bits per heavy atom. The number of anilines is 6. The molecule has 0 atom stereocenters. The van der Waals surface area contributed by atoms with Gasteiger partial charge in [0.1, 0.15) is 0 Å². The highest BCUT2D eigenvalue weighted by atomic mass is 28.3. The van der Waals surface area contributed by atoms with Crippen molar-refractivity contribution in [2.24, 2.45) is 0 Å². The SMILES string of the molecule is C[Si](C)(C)c1cc2c3c(c1)N(c1ccc4c(c1)[Si](c1ccccc1)(c1ccccc1)c1ccccc1-4)c1ccccc1B3c1ccccc1N2c1ccccc1. The van der Waals surface area contributed by atoms with Gasteiger partial charge in [-0.1, -0.05) is 170 Å². The third kappa shape index (κ3) is 4.68. The van der Waals surface area contributed by atoms with Gasteiger partial charge in [0.05, 0.1) is 8.07 Å². The second-order valence-corrected chi connectivity index (χ2v) is 25.3. The number of fused-ring (bicyclic) bond motifs is 7. The molecule has 0 amide bonds. The van der Waals surface area contributed by atoms with Gasteiger partial charge in [-0.15, -0.1) is 0 Å². The lowest BCUT2D eigenvalue weighted by Crippen LogP contribution is -2.72. The van der Waals surface area contributed by atoms with Gasteiger partial charge in [0, 0.05) is 34.1 Å². The van der Waals surface area contributed by atoms with Gasteiger partial charge >= 0.3 is 0 Å². The Morgan fingerprint density at radius 2 is 0.893 bits per heavy atom. The van der Waals surface area contributed by atoms with E-state index in [0.717, 1.165) is 0 Å². The van der Waals surface area contributed by atoms with Crippen molar-refractivity contribution in [3.8, 4) is 11.1 Å². The molecule has 8 aromatic carbocycles. The highest BCUT2D eigenvalue weighted by Crippen LogP contribution is 2.44. The predicted molar refractivity (Wildman–Crippen MR) is 246 cm³/mol. The van der Waals surface area contributed by atoms with E-state index in [2.05, 4.69) is 224 Å². The average molecular weight is 749 g/mol. The van der Waals surface area contributed by atoms with Gasteiger partial charge < -0.3 is 9.80 Å². The molecule has 0 fully saturated rings. The Bertz CT molecular complexity index is 2780. The molecule has 56 heavy (non-hydrogen) atoms. The molecule has 11 rings (SSSR count). The van der Waals surface area contributed by atoms with Crippen LogP contribution in [0, 0.1) is 0 Å². The maximum atomic E-state index is 2.61. The maximum Gasteiger partial charge on any atom is 0.252 e. The first-order chi connectivity index (χ1) is 27.4. The van der Waals surface area contributed by atoms with Crippen LogP contribution in [-0.2, 0) is 0 Å². The first-order valence-electron chi connectivity index (χ1n) is 19.8. The summed E-state index contributed by atoms with van der Waals surface area (Å²) in [5, 5.41) is 7.22. The van der Waals surface area contributed by atoms with E-state index in [1.807, 2.05) is 0 Å². The van der Waals surface area contributed by atoms with Crippen LogP contribution in [0.4, 0.5) is 34.1 Å². The zero-order valence-electron chi connectivity index (χ0n) is 31.9. The summed E-state index contributed by atoms with van der Waals surface area (Å²) in [7, 11) is -4.50. The second-order valence-electron chi connectivity index (χ2n) is 16.5. The summed E-state index contributed by atoms with van der Waals surface area (Å²) < 4.78 is 0. The number of hydrogen-bond donors (Lipinski definition) is 0. The van der Waals surface area contributed by atoms with Gasteiger partial charge in [-0.2, -0.15) is 0 Å². The number of benzene rings is 8. The van der Waals surface area contributed by atoms with Crippen molar-refractivity contribution < 1.29 is 0 Å². The first kappa shape index (κ1) is 33.2. The van der Waals surface area contributed by atoms with Gasteiger partial charge in [0.25, 0.3) is 6.71 Å². The molecule has 0 radical (unpaired) electrons. The molecule has 3 heterocycles. The minimum absolute atomic E-state index is 0.111. The molecule has 266 valence electrons. The smallest absolute Gasteiger partial charge is 0.252 e. The van der Waals surface area contributed by atoms with Crippen LogP contribution < -0.4 is 52.1 Å². The highest BCUT2D eigenvalue weighted by Gasteiger charge is 2.49. The summed E-state index contributed by atoms with van der Waals surface area (Å²) in [5.41, 5.74) is 14.3. The highest BCUT2D eigenvalue weighted by molar-refractivity contribution is 7.22. The Morgan fingerprint density at radius 3 is 1.48 bits per heavy atom.